The molecule has 2 unspecified atom stereocenters. The Morgan fingerprint density at radius 1 is 1.22 bits per heavy atom. The van der Waals surface area contributed by atoms with Crippen LogP contribution in [0.1, 0.15) is 12.0 Å². The summed E-state index contributed by atoms with van der Waals surface area (Å²) in [5.41, 5.74) is 1.89. The van der Waals surface area contributed by atoms with Gasteiger partial charge in [-0.05, 0) is 12.0 Å². The lowest BCUT2D eigenvalue weighted by molar-refractivity contribution is -0.00846. The molecular formula is C17H19ClN4O. The summed E-state index contributed by atoms with van der Waals surface area (Å²) in [7, 11) is 1.62. The third-order valence-corrected chi connectivity index (χ3v) is 5.31. The molecule has 4 heterocycles. The minimum atomic E-state index is -0.232. The van der Waals surface area contributed by atoms with Gasteiger partial charge in [-0.25, -0.2) is 4.68 Å². The summed E-state index contributed by atoms with van der Waals surface area (Å²) in [4.78, 5) is 16.7. The van der Waals surface area contributed by atoms with Crippen LogP contribution in [0.25, 0.3) is 0 Å². The number of piperazine rings is 1. The monoisotopic (exact) mass is 330 g/mol. The highest BCUT2D eigenvalue weighted by atomic mass is 35.5. The number of halogens is 1. The summed E-state index contributed by atoms with van der Waals surface area (Å²) in [5, 5.41) is 4.38. The highest BCUT2D eigenvalue weighted by Gasteiger charge is 2.44. The van der Waals surface area contributed by atoms with E-state index in [2.05, 4.69) is 39.2 Å². The molecule has 5 nitrogen and oxygen atoms in total. The largest absolute Gasteiger partial charge is 0.366 e. The molecule has 2 bridgehead atoms. The molecule has 5 rings (SSSR count). The molecule has 0 spiro atoms. The van der Waals surface area contributed by atoms with Crippen LogP contribution in [0.3, 0.4) is 0 Å². The highest BCUT2D eigenvalue weighted by Crippen LogP contribution is 2.36. The number of hydrogen-bond acceptors (Lipinski definition) is 4. The molecule has 3 aliphatic rings. The van der Waals surface area contributed by atoms with E-state index in [4.69, 9.17) is 11.6 Å². The van der Waals surface area contributed by atoms with Gasteiger partial charge in [-0.1, -0.05) is 41.9 Å². The van der Waals surface area contributed by atoms with E-state index < -0.39 is 0 Å². The predicted molar refractivity (Wildman–Crippen MR) is 90.9 cm³/mol. The quantitative estimate of drug-likeness (QED) is 0.862. The predicted octanol–water partition coefficient (Wildman–Crippen LogP) is 1.90. The molecule has 0 amide bonds. The first-order valence-electron chi connectivity index (χ1n) is 7.90. The summed E-state index contributed by atoms with van der Waals surface area (Å²) >= 11 is 6.23. The van der Waals surface area contributed by atoms with Crippen LogP contribution in [0.2, 0.25) is 5.02 Å². The zero-order chi connectivity index (χ0) is 16.0. The Balaban J connectivity index is 1.49. The van der Waals surface area contributed by atoms with Crippen molar-refractivity contribution in [1.29, 1.82) is 0 Å². The topological polar surface area (TPSA) is 41.4 Å². The van der Waals surface area contributed by atoms with E-state index in [-0.39, 0.29) is 10.6 Å². The number of hydrogen-bond donors (Lipinski definition) is 0. The molecule has 0 N–H and O–H groups in total. The number of nitrogens with zero attached hydrogens (tertiary/aromatic N) is 4. The highest BCUT2D eigenvalue weighted by molar-refractivity contribution is 6.33. The maximum atomic E-state index is 12.0. The van der Waals surface area contributed by atoms with Gasteiger partial charge >= 0.3 is 0 Å². The van der Waals surface area contributed by atoms with Crippen molar-refractivity contribution in [1.82, 2.24) is 14.7 Å². The van der Waals surface area contributed by atoms with E-state index in [0.29, 0.717) is 12.1 Å². The smallest absolute Gasteiger partial charge is 0.287 e. The molecule has 0 radical (unpaired) electrons. The fraction of sp³-hybridized carbons (Fsp3) is 0.412. The average molecular weight is 331 g/mol. The fourth-order valence-electron chi connectivity index (χ4n) is 3.66. The second-order valence-electron chi connectivity index (χ2n) is 6.38. The van der Waals surface area contributed by atoms with E-state index in [0.717, 1.165) is 25.3 Å². The Morgan fingerprint density at radius 2 is 1.91 bits per heavy atom. The number of fused-ring (bicyclic) bond motifs is 2. The molecule has 1 aromatic heterocycles. The summed E-state index contributed by atoms with van der Waals surface area (Å²) in [6.07, 6.45) is 2.93. The lowest BCUT2D eigenvalue weighted by atomic mass is 9.86. The van der Waals surface area contributed by atoms with Crippen molar-refractivity contribution in [3.63, 3.8) is 0 Å². The maximum Gasteiger partial charge on any atom is 0.287 e. The van der Waals surface area contributed by atoms with Gasteiger partial charge in [0, 0.05) is 38.8 Å². The first kappa shape index (κ1) is 14.7. The van der Waals surface area contributed by atoms with Crippen LogP contribution in [0.5, 0.6) is 0 Å². The Labute approximate surface area is 140 Å². The molecular weight excluding hydrogens is 312 g/mol. The number of rotatable bonds is 3. The van der Waals surface area contributed by atoms with E-state index in [1.54, 1.807) is 13.2 Å². The zero-order valence-corrected chi connectivity index (χ0v) is 13.8. The number of benzene rings is 1. The van der Waals surface area contributed by atoms with Gasteiger partial charge in [0.1, 0.15) is 5.02 Å². The summed E-state index contributed by atoms with van der Waals surface area (Å²) in [6, 6.07) is 11.6. The molecule has 3 saturated heterocycles. The maximum absolute atomic E-state index is 12.0. The van der Waals surface area contributed by atoms with Crippen LogP contribution >= 0.6 is 11.6 Å². The van der Waals surface area contributed by atoms with E-state index in [9.17, 15) is 4.79 Å². The average Bonchev–Trinajstić information content (AvgIpc) is 2.58. The lowest BCUT2D eigenvalue weighted by Gasteiger charge is -2.57. The van der Waals surface area contributed by atoms with Crippen molar-refractivity contribution in [2.75, 3.05) is 18.0 Å². The van der Waals surface area contributed by atoms with Gasteiger partial charge in [0.05, 0.1) is 11.9 Å². The van der Waals surface area contributed by atoms with Gasteiger partial charge in [-0.3, -0.25) is 9.69 Å². The lowest BCUT2D eigenvalue weighted by Crippen LogP contribution is -2.68. The summed E-state index contributed by atoms with van der Waals surface area (Å²) in [5.74, 6) is 0. The molecule has 0 aliphatic carbocycles. The number of aryl methyl sites for hydroxylation is 1. The van der Waals surface area contributed by atoms with Gasteiger partial charge in [-0.2, -0.15) is 5.10 Å². The van der Waals surface area contributed by atoms with Crippen molar-refractivity contribution in [2.45, 2.75) is 25.0 Å². The van der Waals surface area contributed by atoms with E-state index >= 15 is 0 Å². The Bertz CT molecular complexity index is 764. The van der Waals surface area contributed by atoms with Crippen molar-refractivity contribution in [3.05, 3.63) is 57.5 Å². The molecule has 6 heteroatoms. The van der Waals surface area contributed by atoms with Gasteiger partial charge in [0.15, 0.2) is 0 Å². The summed E-state index contributed by atoms with van der Waals surface area (Å²) < 4.78 is 1.28. The zero-order valence-electron chi connectivity index (χ0n) is 13.0. The van der Waals surface area contributed by atoms with Crippen molar-refractivity contribution < 1.29 is 0 Å². The molecule has 1 aromatic carbocycles. The van der Waals surface area contributed by atoms with E-state index in [1.165, 1.54) is 16.7 Å². The second-order valence-corrected chi connectivity index (χ2v) is 6.76. The van der Waals surface area contributed by atoms with Crippen molar-refractivity contribution >= 4 is 17.3 Å². The minimum absolute atomic E-state index is 0.232. The molecule has 120 valence electrons. The van der Waals surface area contributed by atoms with Gasteiger partial charge in [-0.15, -0.1) is 0 Å². The Morgan fingerprint density at radius 3 is 2.61 bits per heavy atom. The molecule has 3 aliphatic heterocycles. The van der Waals surface area contributed by atoms with Crippen molar-refractivity contribution in [2.24, 2.45) is 7.05 Å². The minimum Gasteiger partial charge on any atom is -0.366 e. The molecule has 2 aromatic rings. The first-order chi connectivity index (χ1) is 11.1. The molecule has 23 heavy (non-hydrogen) atoms. The fourth-order valence-corrected chi connectivity index (χ4v) is 3.95. The SMILES string of the molecule is Cn1ncc(N2CC3CC(C2)N3Cc2ccccc2)c(Cl)c1=O. The van der Waals surface area contributed by atoms with Crippen LogP contribution in [-0.4, -0.2) is 39.9 Å². The molecule has 2 atom stereocenters. The van der Waals surface area contributed by atoms with Crippen LogP contribution in [0, 0.1) is 0 Å². The van der Waals surface area contributed by atoms with Gasteiger partial charge < -0.3 is 4.90 Å². The second kappa shape index (κ2) is 5.65. The molecule has 3 fully saturated rings. The van der Waals surface area contributed by atoms with E-state index in [1.807, 2.05) is 6.07 Å². The van der Waals surface area contributed by atoms with Crippen LogP contribution in [0.4, 0.5) is 5.69 Å². The third kappa shape index (κ3) is 2.54. The number of piperidine rings is 1. The number of aromatic nitrogens is 2. The third-order valence-electron chi connectivity index (χ3n) is 4.95. The van der Waals surface area contributed by atoms with Gasteiger partial charge in [0.2, 0.25) is 0 Å². The normalized spacial score (nSPS) is 23.7. The first-order valence-corrected chi connectivity index (χ1v) is 8.27. The van der Waals surface area contributed by atoms with Crippen LogP contribution in [-0.2, 0) is 13.6 Å². The van der Waals surface area contributed by atoms with Crippen molar-refractivity contribution in [3.8, 4) is 0 Å². The van der Waals surface area contributed by atoms with Crippen LogP contribution in [0.15, 0.2) is 41.3 Å². The Hall–Kier alpha value is -1.85. The van der Waals surface area contributed by atoms with Gasteiger partial charge in [0.25, 0.3) is 5.56 Å². The Kier molecular flexibility index (Phi) is 3.62. The standard InChI is InChI=1S/C17H19ClN4O/c1-20-17(23)16(18)15(8-19-20)21-10-13-7-14(11-21)22(13)9-12-5-3-2-4-6-12/h2-6,8,13-14H,7,9-11H2,1H3. The summed E-state index contributed by atoms with van der Waals surface area (Å²) in [6.45, 7) is 2.79. The van der Waals surface area contributed by atoms with Crippen LogP contribution < -0.4 is 10.5 Å². The number of anilines is 1. The molecule has 0 saturated carbocycles.